The highest BCUT2D eigenvalue weighted by Crippen LogP contribution is 2.42. The highest BCUT2D eigenvalue weighted by Gasteiger charge is 2.29. The summed E-state index contributed by atoms with van der Waals surface area (Å²) >= 11 is 0. The van der Waals surface area contributed by atoms with Gasteiger partial charge in [-0.15, -0.1) is 0 Å². The van der Waals surface area contributed by atoms with Gasteiger partial charge in [0.15, 0.2) is 34.9 Å². The predicted molar refractivity (Wildman–Crippen MR) is 337 cm³/mol. The topological polar surface area (TPSA) is 106 Å². The van der Waals surface area contributed by atoms with E-state index in [1.165, 1.54) is 22.3 Å². The van der Waals surface area contributed by atoms with Gasteiger partial charge in [0.25, 0.3) is 0 Å². The van der Waals surface area contributed by atoms with E-state index in [-0.39, 0.29) is 32.5 Å². The van der Waals surface area contributed by atoms with Gasteiger partial charge in [-0.05, 0) is 133 Å². The zero-order valence-electron chi connectivity index (χ0n) is 50.9. The molecule has 7 aromatic carbocycles. The summed E-state index contributed by atoms with van der Waals surface area (Å²) < 4.78 is 2.28. The van der Waals surface area contributed by atoms with Gasteiger partial charge in [-0.1, -0.05) is 203 Å². The molecule has 0 amide bonds. The molecule has 3 heterocycles. The van der Waals surface area contributed by atoms with Gasteiger partial charge in [-0.25, -0.2) is 29.9 Å². The Balaban J connectivity index is 1.23. The Kier molecular flexibility index (Phi) is 14.0. The SMILES string of the molecule is CC(C)(C)c1cc(-c2nc(-c3cc(C(C)(C)C)cc(C(C)(C)C)c3)nc(-c3ccc4c(c3)c3ccccc3n4-c3ccc(C#N)cc3-c3nc(-c4ccccc4C(C)(C)C)nc(-c4ccccc4C(C)(C)C)n3)n2)cc(C(C)(C)C)c1. The van der Waals surface area contributed by atoms with Crippen molar-refractivity contribution in [2.24, 2.45) is 0 Å². The van der Waals surface area contributed by atoms with E-state index < -0.39 is 0 Å². The van der Waals surface area contributed by atoms with Crippen molar-refractivity contribution in [2.75, 3.05) is 0 Å². The Labute approximate surface area is 480 Å². The van der Waals surface area contributed by atoms with Gasteiger partial charge < -0.3 is 4.57 Å². The van der Waals surface area contributed by atoms with Crippen molar-refractivity contribution in [1.29, 1.82) is 5.26 Å². The molecule has 10 aromatic rings. The molecule has 410 valence electrons. The van der Waals surface area contributed by atoms with Crippen molar-refractivity contribution in [1.82, 2.24) is 34.5 Å². The van der Waals surface area contributed by atoms with Crippen LogP contribution in [0.25, 0.3) is 95.8 Å². The summed E-state index contributed by atoms with van der Waals surface area (Å²) in [6, 6.07) is 53.8. The molecule has 0 saturated heterocycles. The van der Waals surface area contributed by atoms with Crippen LogP contribution in [-0.2, 0) is 32.5 Å². The molecule has 0 spiro atoms. The Bertz CT molecular complexity index is 3890. The van der Waals surface area contributed by atoms with E-state index in [9.17, 15) is 5.26 Å². The van der Waals surface area contributed by atoms with Gasteiger partial charge in [-0.2, -0.15) is 5.26 Å². The van der Waals surface area contributed by atoms with Crippen LogP contribution in [-0.4, -0.2) is 34.5 Å². The fraction of sp³-hybridized carbons (Fsp3) is 0.329. The minimum absolute atomic E-state index is 0.116. The van der Waals surface area contributed by atoms with Crippen molar-refractivity contribution in [2.45, 2.75) is 157 Å². The second-order valence-corrected chi connectivity index (χ2v) is 28.2. The molecule has 8 heteroatoms. The highest BCUT2D eigenvalue weighted by molar-refractivity contribution is 6.11. The predicted octanol–water partition coefficient (Wildman–Crippen LogP) is 18.8. The zero-order valence-corrected chi connectivity index (χ0v) is 50.9. The smallest absolute Gasteiger partial charge is 0.166 e. The van der Waals surface area contributed by atoms with Crippen LogP contribution in [0.3, 0.4) is 0 Å². The molecule has 81 heavy (non-hydrogen) atoms. The van der Waals surface area contributed by atoms with Crippen molar-refractivity contribution >= 4 is 21.8 Å². The molecular formula is C73H78N8. The second kappa shape index (κ2) is 20.1. The lowest BCUT2D eigenvalue weighted by Gasteiger charge is -2.26. The molecule has 0 aliphatic rings. The summed E-state index contributed by atoms with van der Waals surface area (Å²) in [6.07, 6.45) is 0. The molecule has 0 atom stereocenters. The molecule has 0 radical (unpaired) electrons. The Morgan fingerprint density at radius 1 is 0.321 bits per heavy atom. The molecule has 0 aliphatic heterocycles. The van der Waals surface area contributed by atoms with E-state index in [1.54, 1.807) is 0 Å². The van der Waals surface area contributed by atoms with Gasteiger partial charge in [-0.3, -0.25) is 0 Å². The number of para-hydroxylation sites is 1. The van der Waals surface area contributed by atoms with Crippen LogP contribution >= 0.6 is 0 Å². The second-order valence-electron chi connectivity index (χ2n) is 28.2. The maximum Gasteiger partial charge on any atom is 0.166 e. The summed E-state index contributed by atoms with van der Waals surface area (Å²) in [5.74, 6) is 3.45. The van der Waals surface area contributed by atoms with Gasteiger partial charge in [0, 0.05) is 44.2 Å². The number of benzene rings is 7. The monoisotopic (exact) mass is 1070 g/mol. The fourth-order valence-corrected chi connectivity index (χ4v) is 10.8. The molecule has 10 rings (SSSR count). The Morgan fingerprint density at radius 2 is 0.704 bits per heavy atom. The van der Waals surface area contributed by atoms with Crippen molar-refractivity contribution in [3.63, 3.8) is 0 Å². The van der Waals surface area contributed by atoms with Crippen LogP contribution in [0.1, 0.15) is 164 Å². The molecule has 8 nitrogen and oxygen atoms in total. The summed E-state index contributed by atoms with van der Waals surface area (Å²) in [5, 5.41) is 12.7. The van der Waals surface area contributed by atoms with Crippen molar-refractivity contribution in [3.8, 4) is 80.1 Å². The van der Waals surface area contributed by atoms with Crippen LogP contribution < -0.4 is 0 Å². The molecule has 0 bridgehead atoms. The molecule has 3 aromatic heterocycles. The first-order chi connectivity index (χ1) is 37.9. The maximum absolute atomic E-state index is 10.6. The molecule has 0 unspecified atom stereocenters. The van der Waals surface area contributed by atoms with Gasteiger partial charge in [0.2, 0.25) is 0 Å². The summed E-state index contributed by atoms with van der Waals surface area (Å²) in [4.78, 5) is 32.4. The molecule has 0 saturated carbocycles. The standard InChI is InChI=1S/C73H78N8/c1-68(2,3)48-36-46(37-49(41-48)69(4,5)6)63-75-62(76-64(77-63)47-38-50(70(7,8)9)42-51(39-47)71(10,11)12)45-32-34-60-55(40-45)52-25-21-24-30-59(52)81(60)61-33-31-44(43-74)35-56(61)67-79-65(53-26-19-22-28-57(53)72(13,14)15)78-66(80-67)54-27-20-23-29-58(54)73(16,17)18/h19-42H,1-18H3. The third-order valence-electron chi connectivity index (χ3n) is 15.6. The molecule has 0 aliphatic carbocycles. The summed E-state index contributed by atoms with van der Waals surface area (Å²) in [7, 11) is 0. The van der Waals surface area contributed by atoms with Gasteiger partial charge >= 0.3 is 0 Å². The largest absolute Gasteiger partial charge is 0.308 e. The average Bonchev–Trinajstić information content (AvgIpc) is 4.05. The van der Waals surface area contributed by atoms with E-state index in [1.807, 2.05) is 30.3 Å². The Hall–Kier alpha value is -8.15. The first-order valence-corrected chi connectivity index (χ1v) is 28.5. The van der Waals surface area contributed by atoms with Crippen LogP contribution in [0, 0.1) is 11.3 Å². The van der Waals surface area contributed by atoms with Gasteiger partial charge in [0.1, 0.15) is 0 Å². The number of rotatable bonds is 7. The molecule has 0 fully saturated rings. The van der Waals surface area contributed by atoms with E-state index in [2.05, 4.69) is 251 Å². The van der Waals surface area contributed by atoms with Crippen LogP contribution in [0.15, 0.2) is 146 Å². The minimum Gasteiger partial charge on any atom is -0.308 e. The van der Waals surface area contributed by atoms with E-state index in [0.717, 1.165) is 66.4 Å². The number of nitriles is 1. The number of nitrogens with zero attached hydrogens (tertiary/aromatic N) is 8. The maximum atomic E-state index is 10.6. The van der Waals surface area contributed by atoms with Crippen LogP contribution in [0.2, 0.25) is 0 Å². The first-order valence-electron chi connectivity index (χ1n) is 28.5. The van der Waals surface area contributed by atoms with E-state index >= 15 is 0 Å². The van der Waals surface area contributed by atoms with Crippen molar-refractivity contribution < 1.29 is 0 Å². The lowest BCUT2D eigenvalue weighted by Crippen LogP contribution is -2.17. The quantitative estimate of drug-likeness (QED) is 0.156. The fourth-order valence-electron chi connectivity index (χ4n) is 10.8. The minimum atomic E-state index is -0.203. The lowest BCUT2D eigenvalue weighted by molar-refractivity contribution is 0.568. The van der Waals surface area contributed by atoms with Crippen molar-refractivity contribution in [3.05, 3.63) is 185 Å². The molecular weight excluding hydrogens is 989 g/mol. The third kappa shape index (κ3) is 11.2. The number of hydrogen-bond acceptors (Lipinski definition) is 7. The summed E-state index contributed by atoms with van der Waals surface area (Å²) in [5.41, 5.74) is 14.9. The molecule has 0 N–H and O–H groups in total. The highest BCUT2D eigenvalue weighted by atomic mass is 15.1. The van der Waals surface area contributed by atoms with Gasteiger partial charge in [0.05, 0.1) is 28.4 Å². The third-order valence-corrected chi connectivity index (χ3v) is 15.6. The number of fused-ring (bicyclic) bond motifs is 3. The summed E-state index contributed by atoms with van der Waals surface area (Å²) in [6.45, 7) is 40.5. The lowest BCUT2D eigenvalue weighted by atomic mass is 9.79. The number of hydrogen-bond donors (Lipinski definition) is 0. The normalized spacial score (nSPS) is 12.8. The van der Waals surface area contributed by atoms with Crippen LogP contribution in [0.4, 0.5) is 0 Å². The number of aromatic nitrogens is 7. The first kappa shape index (κ1) is 56.1. The average molecular weight is 1070 g/mol. The van der Waals surface area contributed by atoms with E-state index in [4.69, 9.17) is 29.9 Å². The van der Waals surface area contributed by atoms with E-state index in [0.29, 0.717) is 46.1 Å². The zero-order chi connectivity index (χ0) is 58.4. The van der Waals surface area contributed by atoms with Crippen LogP contribution in [0.5, 0.6) is 0 Å². The Morgan fingerprint density at radius 3 is 1.14 bits per heavy atom.